The van der Waals surface area contributed by atoms with Crippen molar-refractivity contribution in [3.63, 3.8) is 0 Å². The van der Waals surface area contributed by atoms with Gasteiger partial charge in [-0.05, 0) is 22.7 Å². The van der Waals surface area contributed by atoms with E-state index >= 15 is 0 Å². The van der Waals surface area contributed by atoms with Crippen LogP contribution in [0.15, 0.2) is 0 Å². The van der Waals surface area contributed by atoms with Crippen LogP contribution in [0.25, 0.3) is 0 Å². The maximum atomic E-state index is 10.9. The van der Waals surface area contributed by atoms with Crippen molar-refractivity contribution in [1.29, 1.82) is 0 Å². The van der Waals surface area contributed by atoms with Gasteiger partial charge in [-0.1, -0.05) is 13.8 Å². The number of nitro groups is 1. The molecule has 0 saturated heterocycles. The second kappa shape index (κ2) is 5.34. The minimum absolute atomic E-state index is 0.204. The number of aromatic nitrogens is 2. The summed E-state index contributed by atoms with van der Waals surface area (Å²) in [5.74, 6) is 0.683. The molecular weight excluding hydrogens is 236 g/mol. The summed E-state index contributed by atoms with van der Waals surface area (Å²) >= 11 is 0. The lowest BCUT2D eigenvalue weighted by Gasteiger charge is -2.25. The van der Waals surface area contributed by atoms with Gasteiger partial charge >= 0.3 is 5.82 Å². The lowest BCUT2D eigenvalue weighted by molar-refractivity contribution is -0.388. The predicted octanol–water partition coefficient (Wildman–Crippen LogP) is 1.60. The molecule has 1 heterocycles. The van der Waals surface area contributed by atoms with Crippen molar-refractivity contribution >= 4 is 11.6 Å². The van der Waals surface area contributed by atoms with Gasteiger partial charge in [-0.2, -0.15) is 0 Å². The van der Waals surface area contributed by atoms with Crippen LogP contribution in [0.3, 0.4) is 0 Å². The Morgan fingerprint density at radius 3 is 2.50 bits per heavy atom. The number of rotatable bonds is 6. The Morgan fingerprint density at radius 2 is 2.06 bits per heavy atom. The highest BCUT2D eigenvalue weighted by molar-refractivity contribution is 5.53. The molecule has 1 aromatic heterocycles. The van der Waals surface area contributed by atoms with E-state index in [2.05, 4.69) is 10.3 Å². The maximum absolute atomic E-state index is 10.9. The summed E-state index contributed by atoms with van der Waals surface area (Å²) in [5, 5.41) is 24.0. The Hall–Kier alpha value is -1.63. The number of nitrogens with one attached hydrogen (secondary N) is 1. The number of nitrogens with zero attached hydrogens (tertiary/aromatic N) is 3. The van der Waals surface area contributed by atoms with E-state index in [0.29, 0.717) is 24.5 Å². The highest BCUT2D eigenvalue weighted by atomic mass is 16.6. The first kappa shape index (κ1) is 14.4. The Balaban J connectivity index is 2.94. The second-order valence-electron chi connectivity index (χ2n) is 4.43. The normalized spacial score (nSPS) is 11.6. The van der Waals surface area contributed by atoms with Gasteiger partial charge in [0.2, 0.25) is 11.6 Å². The molecule has 0 aliphatic rings. The summed E-state index contributed by atoms with van der Waals surface area (Å²) < 4.78 is 1.61. The molecule has 7 heteroatoms. The zero-order valence-corrected chi connectivity index (χ0v) is 11.2. The molecule has 0 bridgehead atoms. The van der Waals surface area contributed by atoms with Crippen molar-refractivity contribution in [2.45, 2.75) is 39.2 Å². The largest absolute Gasteiger partial charge is 0.406 e. The fraction of sp³-hybridized carbons (Fsp3) is 0.727. The van der Waals surface area contributed by atoms with Crippen LogP contribution in [0.4, 0.5) is 11.6 Å². The van der Waals surface area contributed by atoms with E-state index in [1.165, 1.54) is 0 Å². The number of anilines is 1. The maximum Gasteiger partial charge on any atom is 0.406 e. The molecule has 1 rings (SSSR count). The Labute approximate surface area is 106 Å². The number of imidazole rings is 1. The summed E-state index contributed by atoms with van der Waals surface area (Å²) in [7, 11) is 1.70. The van der Waals surface area contributed by atoms with Gasteiger partial charge in [0.25, 0.3) is 0 Å². The van der Waals surface area contributed by atoms with Crippen LogP contribution in [0.2, 0.25) is 0 Å². The van der Waals surface area contributed by atoms with E-state index < -0.39 is 10.5 Å². The van der Waals surface area contributed by atoms with Crippen LogP contribution in [-0.4, -0.2) is 31.7 Å². The molecule has 0 atom stereocenters. The molecule has 0 saturated carbocycles. The molecule has 0 amide bonds. The first-order valence-electron chi connectivity index (χ1n) is 5.98. The van der Waals surface area contributed by atoms with Crippen LogP contribution < -0.4 is 5.32 Å². The lowest BCUT2D eigenvalue weighted by atomic mass is 9.98. The summed E-state index contributed by atoms with van der Waals surface area (Å²) in [5.41, 5.74) is -0.855. The second-order valence-corrected chi connectivity index (χ2v) is 4.43. The fourth-order valence-electron chi connectivity index (χ4n) is 1.67. The lowest BCUT2D eigenvalue weighted by Crippen LogP contribution is -2.35. The first-order valence-corrected chi connectivity index (χ1v) is 5.98. The third-order valence-electron chi connectivity index (χ3n) is 3.37. The quantitative estimate of drug-likeness (QED) is 0.595. The minimum Gasteiger partial charge on any atom is -0.388 e. The summed E-state index contributed by atoms with van der Waals surface area (Å²) in [6.45, 7) is 5.73. The van der Waals surface area contributed by atoms with Gasteiger partial charge in [0.1, 0.15) is 0 Å². The molecule has 102 valence electrons. The molecule has 0 aliphatic carbocycles. The van der Waals surface area contributed by atoms with Gasteiger partial charge in [0, 0.05) is 20.5 Å². The van der Waals surface area contributed by atoms with Crippen LogP contribution in [0.5, 0.6) is 0 Å². The van der Waals surface area contributed by atoms with Crippen molar-refractivity contribution in [2.75, 3.05) is 11.9 Å². The van der Waals surface area contributed by atoms with E-state index in [9.17, 15) is 15.2 Å². The van der Waals surface area contributed by atoms with Crippen molar-refractivity contribution in [3.8, 4) is 0 Å². The van der Waals surface area contributed by atoms with E-state index in [0.717, 1.165) is 0 Å². The topological polar surface area (TPSA) is 93.2 Å². The van der Waals surface area contributed by atoms with Crippen LogP contribution in [0.1, 0.15) is 32.5 Å². The molecule has 0 aliphatic heterocycles. The summed E-state index contributed by atoms with van der Waals surface area (Å²) in [4.78, 5) is 14.2. The Kier molecular flexibility index (Phi) is 4.28. The number of hydrogen-bond donors (Lipinski definition) is 2. The zero-order chi connectivity index (χ0) is 13.9. The van der Waals surface area contributed by atoms with Crippen molar-refractivity contribution in [3.05, 3.63) is 15.9 Å². The minimum atomic E-state index is -0.855. The van der Waals surface area contributed by atoms with Gasteiger partial charge in [-0.15, -0.1) is 0 Å². The SMILES string of the molecule is CCC(O)(CC)CNc1c([N+](=O)[O-])nc(C)n1C. The molecule has 7 nitrogen and oxygen atoms in total. The number of aryl methyl sites for hydroxylation is 1. The average Bonchev–Trinajstić information content (AvgIpc) is 2.63. The molecule has 18 heavy (non-hydrogen) atoms. The van der Waals surface area contributed by atoms with Crippen molar-refractivity contribution < 1.29 is 10.0 Å². The van der Waals surface area contributed by atoms with E-state index in [1.54, 1.807) is 18.5 Å². The van der Waals surface area contributed by atoms with Gasteiger partial charge in [0.05, 0.1) is 5.60 Å². The number of hydrogen-bond acceptors (Lipinski definition) is 5. The predicted molar refractivity (Wildman–Crippen MR) is 68.6 cm³/mol. The highest BCUT2D eigenvalue weighted by Gasteiger charge is 2.27. The zero-order valence-electron chi connectivity index (χ0n) is 11.2. The molecule has 2 N–H and O–H groups in total. The van der Waals surface area contributed by atoms with Gasteiger partial charge in [-0.25, -0.2) is 0 Å². The smallest absolute Gasteiger partial charge is 0.388 e. The van der Waals surface area contributed by atoms with Crippen LogP contribution in [-0.2, 0) is 7.05 Å². The van der Waals surface area contributed by atoms with Crippen molar-refractivity contribution in [1.82, 2.24) is 9.55 Å². The summed E-state index contributed by atoms with van der Waals surface area (Å²) in [6.07, 6.45) is 1.17. The third kappa shape index (κ3) is 2.79. The molecule has 0 fully saturated rings. The average molecular weight is 256 g/mol. The van der Waals surface area contributed by atoms with Crippen LogP contribution in [0, 0.1) is 17.0 Å². The van der Waals surface area contributed by atoms with E-state index in [-0.39, 0.29) is 12.4 Å². The highest BCUT2D eigenvalue weighted by Crippen LogP contribution is 2.25. The molecule has 0 spiro atoms. The standard InChI is InChI=1S/C11H20N4O3/c1-5-11(16,6-2)7-12-9-10(15(17)18)13-8(3)14(9)4/h12,16H,5-7H2,1-4H3. The Morgan fingerprint density at radius 1 is 1.50 bits per heavy atom. The molecule has 0 radical (unpaired) electrons. The van der Waals surface area contributed by atoms with Crippen molar-refractivity contribution in [2.24, 2.45) is 7.05 Å². The third-order valence-corrected chi connectivity index (χ3v) is 3.37. The van der Waals surface area contributed by atoms with E-state index in [1.807, 2.05) is 13.8 Å². The van der Waals surface area contributed by atoms with Gasteiger partial charge < -0.3 is 20.5 Å². The molecular formula is C11H20N4O3. The molecule has 0 aromatic carbocycles. The fourth-order valence-corrected chi connectivity index (χ4v) is 1.67. The Bertz CT molecular complexity index is 438. The first-order chi connectivity index (χ1) is 8.34. The van der Waals surface area contributed by atoms with Gasteiger partial charge in [-0.3, -0.25) is 4.57 Å². The number of aliphatic hydroxyl groups is 1. The van der Waals surface area contributed by atoms with E-state index in [4.69, 9.17) is 0 Å². The van der Waals surface area contributed by atoms with Crippen LogP contribution >= 0.6 is 0 Å². The summed E-state index contributed by atoms with van der Waals surface area (Å²) in [6, 6.07) is 0. The monoisotopic (exact) mass is 256 g/mol. The van der Waals surface area contributed by atoms with Gasteiger partial charge in [0.15, 0.2) is 0 Å². The molecule has 1 aromatic rings. The molecule has 0 unspecified atom stereocenters.